The number of rotatable bonds is 4. The summed E-state index contributed by atoms with van der Waals surface area (Å²) < 4.78 is 0. The molecule has 0 rings (SSSR count). The predicted octanol–water partition coefficient (Wildman–Crippen LogP) is 3.35. The third-order valence-corrected chi connectivity index (χ3v) is 1.48. The van der Waals surface area contributed by atoms with Crippen LogP contribution in [0.15, 0.2) is 11.6 Å². The Kier molecular flexibility index (Phi) is 5.70. The molecular formula is C9H17. The summed E-state index contributed by atoms with van der Waals surface area (Å²) >= 11 is 0. The van der Waals surface area contributed by atoms with E-state index in [9.17, 15) is 0 Å². The molecule has 0 amide bonds. The highest BCUT2D eigenvalue weighted by Gasteiger charge is 1.82. The zero-order chi connectivity index (χ0) is 7.11. The molecule has 53 valence electrons. The second kappa shape index (κ2) is 5.87. The molecule has 0 aliphatic rings. The Morgan fingerprint density at radius 3 is 2.56 bits per heavy atom. The summed E-state index contributed by atoms with van der Waals surface area (Å²) in [5.41, 5.74) is 1.41. The molecule has 0 heteroatoms. The van der Waals surface area contributed by atoms with Crippen molar-refractivity contribution in [1.82, 2.24) is 0 Å². The zero-order valence-electron chi connectivity index (χ0n) is 6.78. The molecule has 0 spiro atoms. The first-order valence-electron chi connectivity index (χ1n) is 3.77. The van der Waals surface area contributed by atoms with Crippen LogP contribution in [0.1, 0.15) is 40.0 Å². The SMILES string of the molecule is C[CH]C(C)=CCCCC. The normalized spacial score (nSPS) is 12.1. The fourth-order valence-corrected chi connectivity index (χ4v) is 0.652. The highest BCUT2D eigenvalue weighted by molar-refractivity contribution is 5.07. The van der Waals surface area contributed by atoms with Crippen LogP contribution < -0.4 is 0 Å². The average molecular weight is 125 g/mol. The van der Waals surface area contributed by atoms with Crippen LogP contribution in [0.3, 0.4) is 0 Å². The lowest BCUT2D eigenvalue weighted by molar-refractivity contribution is 0.811. The van der Waals surface area contributed by atoms with Gasteiger partial charge in [0, 0.05) is 0 Å². The topological polar surface area (TPSA) is 0 Å². The van der Waals surface area contributed by atoms with Crippen molar-refractivity contribution in [3.8, 4) is 0 Å². The fraction of sp³-hybridized carbons (Fsp3) is 0.667. The van der Waals surface area contributed by atoms with Gasteiger partial charge in [-0.1, -0.05) is 38.3 Å². The Bertz CT molecular complexity index is 80.0. The summed E-state index contributed by atoms with van der Waals surface area (Å²) in [6.45, 7) is 6.45. The fourth-order valence-electron chi connectivity index (χ4n) is 0.652. The first kappa shape index (κ1) is 8.74. The summed E-state index contributed by atoms with van der Waals surface area (Å²) in [5.74, 6) is 0. The minimum absolute atomic E-state index is 1.24. The Labute approximate surface area is 59.0 Å². The Morgan fingerprint density at radius 1 is 1.44 bits per heavy atom. The highest BCUT2D eigenvalue weighted by Crippen LogP contribution is 2.02. The number of hydrogen-bond acceptors (Lipinski definition) is 0. The van der Waals surface area contributed by atoms with Crippen molar-refractivity contribution in [3.63, 3.8) is 0 Å². The van der Waals surface area contributed by atoms with Crippen LogP contribution in [0, 0.1) is 6.42 Å². The standard InChI is InChI=1S/C9H17/c1-4-6-7-8-9(3)5-2/h5,8H,4,6-7H2,1-3H3. The van der Waals surface area contributed by atoms with Gasteiger partial charge in [0.2, 0.25) is 0 Å². The minimum atomic E-state index is 1.24. The van der Waals surface area contributed by atoms with E-state index < -0.39 is 0 Å². The number of hydrogen-bond donors (Lipinski definition) is 0. The maximum atomic E-state index is 2.30. The minimum Gasteiger partial charge on any atom is -0.0853 e. The maximum absolute atomic E-state index is 2.30. The summed E-state index contributed by atoms with van der Waals surface area (Å²) in [5, 5.41) is 0. The first-order chi connectivity index (χ1) is 4.31. The van der Waals surface area contributed by atoms with Crippen molar-refractivity contribution in [2.45, 2.75) is 40.0 Å². The van der Waals surface area contributed by atoms with E-state index in [1.807, 2.05) is 0 Å². The molecule has 0 aliphatic heterocycles. The number of allylic oxidation sites excluding steroid dienone is 2. The van der Waals surface area contributed by atoms with Gasteiger partial charge in [-0.15, -0.1) is 0 Å². The Hall–Kier alpha value is -0.260. The van der Waals surface area contributed by atoms with Crippen LogP contribution in [0.5, 0.6) is 0 Å². The molecule has 0 aliphatic carbocycles. The molecule has 0 heterocycles. The molecule has 0 aromatic heterocycles. The molecule has 1 radical (unpaired) electrons. The van der Waals surface area contributed by atoms with Crippen molar-refractivity contribution in [2.75, 3.05) is 0 Å². The van der Waals surface area contributed by atoms with Gasteiger partial charge >= 0.3 is 0 Å². The van der Waals surface area contributed by atoms with Crippen LogP contribution in [-0.2, 0) is 0 Å². The van der Waals surface area contributed by atoms with E-state index in [0.717, 1.165) is 0 Å². The first-order valence-corrected chi connectivity index (χ1v) is 3.77. The highest BCUT2D eigenvalue weighted by atomic mass is 13.9. The third kappa shape index (κ3) is 5.61. The van der Waals surface area contributed by atoms with Crippen molar-refractivity contribution in [3.05, 3.63) is 18.1 Å². The lowest BCUT2D eigenvalue weighted by Gasteiger charge is -1.93. The van der Waals surface area contributed by atoms with Crippen molar-refractivity contribution >= 4 is 0 Å². The van der Waals surface area contributed by atoms with Gasteiger partial charge in [0.25, 0.3) is 0 Å². The second-order valence-corrected chi connectivity index (χ2v) is 2.38. The van der Waals surface area contributed by atoms with E-state index in [4.69, 9.17) is 0 Å². The maximum Gasteiger partial charge on any atom is -0.0172 e. The Morgan fingerprint density at radius 2 is 2.11 bits per heavy atom. The van der Waals surface area contributed by atoms with Crippen molar-refractivity contribution in [1.29, 1.82) is 0 Å². The van der Waals surface area contributed by atoms with E-state index in [2.05, 4.69) is 33.3 Å². The van der Waals surface area contributed by atoms with Crippen LogP contribution in [0.2, 0.25) is 0 Å². The summed E-state index contributed by atoms with van der Waals surface area (Å²) in [4.78, 5) is 0. The predicted molar refractivity (Wildman–Crippen MR) is 43.3 cm³/mol. The molecule has 9 heavy (non-hydrogen) atoms. The molecule has 0 aromatic rings. The summed E-state index contributed by atoms with van der Waals surface area (Å²) in [7, 11) is 0. The van der Waals surface area contributed by atoms with E-state index in [1.165, 1.54) is 24.8 Å². The number of unbranched alkanes of at least 4 members (excludes halogenated alkanes) is 2. The lowest BCUT2D eigenvalue weighted by atomic mass is 10.1. The van der Waals surface area contributed by atoms with Crippen LogP contribution in [-0.4, -0.2) is 0 Å². The lowest BCUT2D eigenvalue weighted by Crippen LogP contribution is -1.73. The van der Waals surface area contributed by atoms with Gasteiger partial charge in [-0.2, -0.15) is 0 Å². The van der Waals surface area contributed by atoms with Gasteiger partial charge in [0.15, 0.2) is 0 Å². The van der Waals surface area contributed by atoms with Gasteiger partial charge < -0.3 is 0 Å². The monoisotopic (exact) mass is 125 g/mol. The van der Waals surface area contributed by atoms with Crippen LogP contribution >= 0.6 is 0 Å². The molecule has 0 bridgehead atoms. The van der Waals surface area contributed by atoms with Crippen molar-refractivity contribution < 1.29 is 0 Å². The van der Waals surface area contributed by atoms with Gasteiger partial charge in [-0.3, -0.25) is 0 Å². The molecule has 0 saturated heterocycles. The van der Waals surface area contributed by atoms with E-state index >= 15 is 0 Å². The Balaban J connectivity index is 3.21. The second-order valence-electron chi connectivity index (χ2n) is 2.38. The smallest absolute Gasteiger partial charge is 0.0172 e. The van der Waals surface area contributed by atoms with Gasteiger partial charge in [0.1, 0.15) is 0 Å². The molecule has 0 N–H and O–H groups in total. The molecule has 0 nitrogen and oxygen atoms in total. The molecule has 0 aromatic carbocycles. The molecular weight excluding hydrogens is 108 g/mol. The van der Waals surface area contributed by atoms with Gasteiger partial charge in [-0.25, -0.2) is 0 Å². The van der Waals surface area contributed by atoms with Crippen LogP contribution in [0.4, 0.5) is 0 Å². The van der Waals surface area contributed by atoms with E-state index in [0.29, 0.717) is 0 Å². The van der Waals surface area contributed by atoms with Gasteiger partial charge in [-0.05, 0) is 19.8 Å². The molecule has 0 unspecified atom stereocenters. The molecule has 0 atom stereocenters. The summed E-state index contributed by atoms with van der Waals surface area (Å²) in [6, 6.07) is 0. The zero-order valence-corrected chi connectivity index (χ0v) is 6.78. The van der Waals surface area contributed by atoms with Crippen molar-refractivity contribution in [2.24, 2.45) is 0 Å². The van der Waals surface area contributed by atoms with Crippen LogP contribution in [0.25, 0.3) is 0 Å². The third-order valence-electron chi connectivity index (χ3n) is 1.48. The van der Waals surface area contributed by atoms with Gasteiger partial charge in [0.05, 0.1) is 0 Å². The molecule has 0 saturated carbocycles. The summed E-state index contributed by atoms with van der Waals surface area (Å²) in [6.07, 6.45) is 8.31. The van der Waals surface area contributed by atoms with E-state index in [1.54, 1.807) is 0 Å². The van der Waals surface area contributed by atoms with E-state index in [-0.39, 0.29) is 0 Å². The molecule has 0 fully saturated rings. The quantitative estimate of drug-likeness (QED) is 0.505. The average Bonchev–Trinajstić information content (AvgIpc) is 1.89. The largest absolute Gasteiger partial charge is 0.0853 e.